The molecule has 0 atom stereocenters. The molecule has 0 spiro atoms. The minimum Gasteiger partial charge on any atom is -0.455 e. The Morgan fingerprint density at radius 1 is 0.304 bits per heavy atom. The smallest absolute Gasteiger partial charge is 0.143 e. The zero-order chi connectivity index (χ0) is 46.1. The Morgan fingerprint density at radius 2 is 0.768 bits per heavy atom. The summed E-state index contributed by atoms with van der Waals surface area (Å²) in [5.41, 5.74) is 22.4. The van der Waals surface area contributed by atoms with Crippen LogP contribution in [0.1, 0.15) is 25.0 Å². The largest absolute Gasteiger partial charge is 0.455 e. The molecule has 0 aromatic heterocycles. The lowest BCUT2D eigenvalue weighted by Crippen LogP contribution is -2.16. The van der Waals surface area contributed by atoms with E-state index in [1.165, 1.54) is 61.0 Å². The maximum atomic E-state index is 7.17. The number of fused-ring (bicyclic) bond motifs is 9. The second-order valence-electron chi connectivity index (χ2n) is 18.8. The first-order valence-corrected chi connectivity index (χ1v) is 23.9. The molecule has 2 heteroatoms. The summed E-state index contributed by atoms with van der Waals surface area (Å²) in [7, 11) is 0. The van der Waals surface area contributed by atoms with Crippen molar-refractivity contribution in [2.45, 2.75) is 19.3 Å². The number of benzene rings is 11. The van der Waals surface area contributed by atoms with Crippen molar-refractivity contribution in [2.75, 3.05) is 4.90 Å². The van der Waals surface area contributed by atoms with Crippen LogP contribution in [0.5, 0.6) is 11.5 Å². The Bertz CT molecular complexity index is 3740. The van der Waals surface area contributed by atoms with Gasteiger partial charge in [-0.1, -0.05) is 214 Å². The molecule has 326 valence electrons. The zero-order valence-electron chi connectivity index (χ0n) is 38.5. The van der Waals surface area contributed by atoms with E-state index in [2.05, 4.69) is 267 Å². The van der Waals surface area contributed by atoms with E-state index in [4.69, 9.17) is 4.74 Å². The Kier molecular flexibility index (Phi) is 9.55. The standard InChI is InChI=1S/C67H47NO/c1-67(2)62-26-12-11-21-57(62)58-40-39-54(43-63(58)67)68(52-35-31-46(32-36-52)44-15-5-3-6-16-44)53-37-33-47(34-38-53)45-27-29-49(30-28-45)56-23-14-25-60-65-55(48-17-7-4-8-18-48)22-13-24-59(65)61-41-50-19-9-10-20-51(50)42-64(61)69-66(56)60/h3-43H,1-2H3. The second-order valence-corrected chi connectivity index (χ2v) is 18.8. The van der Waals surface area contributed by atoms with Crippen molar-refractivity contribution in [3.05, 3.63) is 260 Å². The van der Waals surface area contributed by atoms with Gasteiger partial charge in [0.25, 0.3) is 0 Å². The van der Waals surface area contributed by atoms with Gasteiger partial charge in [0.2, 0.25) is 0 Å². The topological polar surface area (TPSA) is 12.5 Å². The molecule has 0 unspecified atom stereocenters. The molecule has 0 fully saturated rings. The van der Waals surface area contributed by atoms with Crippen LogP contribution >= 0.6 is 0 Å². The van der Waals surface area contributed by atoms with Crippen molar-refractivity contribution in [1.29, 1.82) is 0 Å². The van der Waals surface area contributed by atoms with Crippen LogP contribution in [0.3, 0.4) is 0 Å². The average molecular weight is 882 g/mol. The number of anilines is 3. The van der Waals surface area contributed by atoms with Crippen molar-refractivity contribution < 1.29 is 4.74 Å². The van der Waals surface area contributed by atoms with E-state index >= 15 is 0 Å². The fourth-order valence-electron chi connectivity index (χ4n) is 11.0. The number of hydrogen-bond acceptors (Lipinski definition) is 2. The van der Waals surface area contributed by atoms with Gasteiger partial charge in [0.1, 0.15) is 11.5 Å². The molecule has 0 radical (unpaired) electrons. The highest BCUT2D eigenvalue weighted by Crippen LogP contribution is 2.54. The predicted octanol–water partition coefficient (Wildman–Crippen LogP) is 18.7. The molecular weight excluding hydrogens is 835 g/mol. The Morgan fingerprint density at radius 3 is 1.45 bits per heavy atom. The van der Waals surface area contributed by atoms with Gasteiger partial charge in [-0.2, -0.15) is 0 Å². The minimum atomic E-state index is -0.111. The molecule has 69 heavy (non-hydrogen) atoms. The molecule has 2 aliphatic rings. The van der Waals surface area contributed by atoms with Crippen LogP contribution in [-0.4, -0.2) is 0 Å². The molecule has 0 saturated heterocycles. The Balaban J connectivity index is 0.873. The number of para-hydroxylation sites is 1. The fourth-order valence-corrected chi connectivity index (χ4v) is 11.0. The zero-order valence-corrected chi connectivity index (χ0v) is 38.5. The summed E-state index contributed by atoms with van der Waals surface area (Å²) in [6.45, 7) is 4.70. The Hall–Kier alpha value is -8.72. The van der Waals surface area contributed by atoms with Crippen LogP contribution in [-0.2, 0) is 5.41 Å². The molecule has 11 aromatic carbocycles. The van der Waals surface area contributed by atoms with E-state index < -0.39 is 0 Å². The monoisotopic (exact) mass is 881 g/mol. The molecule has 1 aliphatic heterocycles. The second kappa shape index (κ2) is 16.3. The van der Waals surface area contributed by atoms with E-state index in [-0.39, 0.29) is 5.41 Å². The lowest BCUT2D eigenvalue weighted by atomic mass is 9.82. The first kappa shape index (κ1) is 40.5. The van der Waals surface area contributed by atoms with Gasteiger partial charge in [-0.25, -0.2) is 0 Å². The summed E-state index contributed by atoms with van der Waals surface area (Å²) in [6.07, 6.45) is 0. The van der Waals surface area contributed by atoms with Crippen LogP contribution in [0.4, 0.5) is 17.1 Å². The van der Waals surface area contributed by atoms with Gasteiger partial charge in [0, 0.05) is 44.7 Å². The molecule has 0 bridgehead atoms. The first-order chi connectivity index (χ1) is 34.0. The van der Waals surface area contributed by atoms with Crippen LogP contribution in [0.2, 0.25) is 0 Å². The average Bonchev–Trinajstić information content (AvgIpc) is 3.54. The molecule has 0 saturated carbocycles. The number of hydrogen-bond donors (Lipinski definition) is 0. The molecule has 1 aliphatic carbocycles. The van der Waals surface area contributed by atoms with Crippen LogP contribution in [0.25, 0.3) is 88.7 Å². The number of rotatable bonds is 7. The third-order valence-corrected chi connectivity index (χ3v) is 14.5. The van der Waals surface area contributed by atoms with E-state index in [1.54, 1.807) is 0 Å². The van der Waals surface area contributed by atoms with Crippen molar-refractivity contribution in [3.8, 4) is 89.4 Å². The van der Waals surface area contributed by atoms with Gasteiger partial charge < -0.3 is 9.64 Å². The quantitative estimate of drug-likeness (QED) is 0.158. The van der Waals surface area contributed by atoms with Crippen LogP contribution < -0.4 is 9.64 Å². The SMILES string of the molecule is CC1(C)c2ccccc2-c2ccc(N(c3ccc(-c4ccccc4)cc3)c3ccc(-c4ccc(-c5cccc6c5Oc5cc7ccccc7cc5-c5cccc(-c7ccccc7)c5-6)cc4)cc3)cc21. The van der Waals surface area contributed by atoms with Crippen molar-refractivity contribution in [1.82, 2.24) is 0 Å². The molecule has 1 heterocycles. The van der Waals surface area contributed by atoms with Gasteiger partial charge in [-0.15, -0.1) is 0 Å². The van der Waals surface area contributed by atoms with Gasteiger partial charge in [0.15, 0.2) is 0 Å². The van der Waals surface area contributed by atoms with Crippen LogP contribution in [0, 0.1) is 0 Å². The summed E-state index contributed by atoms with van der Waals surface area (Å²) in [5, 5.41) is 2.34. The summed E-state index contributed by atoms with van der Waals surface area (Å²) in [4.78, 5) is 2.39. The highest BCUT2D eigenvalue weighted by atomic mass is 16.5. The summed E-state index contributed by atoms with van der Waals surface area (Å²) < 4.78 is 7.17. The normalized spacial score (nSPS) is 12.7. The van der Waals surface area contributed by atoms with Crippen LogP contribution in [0.15, 0.2) is 249 Å². The third kappa shape index (κ3) is 6.87. The van der Waals surface area contributed by atoms with Gasteiger partial charge in [-0.05, 0) is 126 Å². The van der Waals surface area contributed by atoms with Gasteiger partial charge in [-0.3, -0.25) is 0 Å². The summed E-state index contributed by atoms with van der Waals surface area (Å²) in [6, 6.07) is 90.4. The summed E-state index contributed by atoms with van der Waals surface area (Å²) >= 11 is 0. The van der Waals surface area contributed by atoms with E-state index in [1.807, 2.05) is 0 Å². The van der Waals surface area contributed by atoms with E-state index in [0.717, 1.165) is 67.3 Å². The Labute approximate surface area is 404 Å². The first-order valence-electron chi connectivity index (χ1n) is 23.9. The maximum Gasteiger partial charge on any atom is 0.143 e. The van der Waals surface area contributed by atoms with Crippen molar-refractivity contribution in [3.63, 3.8) is 0 Å². The molecule has 0 amide bonds. The highest BCUT2D eigenvalue weighted by Gasteiger charge is 2.36. The van der Waals surface area contributed by atoms with Gasteiger partial charge >= 0.3 is 0 Å². The summed E-state index contributed by atoms with van der Waals surface area (Å²) in [5.74, 6) is 1.72. The van der Waals surface area contributed by atoms with Gasteiger partial charge in [0.05, 0.1) is 0 Å². The lowest BCUT2D eigenvalue weighted by Gasteiger charge is -2.28. The predicted molar refractivity (Wildman–Crippen MR) is 289 cm³/mol. The molecular formula is C67H47NO. The number of nitrogens with zero attached hydrogens (tertiary/aromatic N) is 1. The highest BCUT2D eigenvalue weighted by molar-refractivity contribution is 6.03. The lowest BCUT2D eigenvalue weighted by molar-refractivity contribution is 0.490. The van der Waals surface area contributed by atoms with E-state index in [9.17, 15) is 0 Å². The fraction of sp³-hybridized carbons (Fsp3) is 0.0448. The third-order valence-electron chi connectivity index (χ3n) is 14.5. The molecule has 2 nitrogen and oxygen atoms in total. The van der Waals surface area contributed by atoms with Crippen molar-refractivity contribution in [2.24, 2.45) is 0 Å². The molecule has 11 aromatic rings. The minimum absolute atomic E-state index is 0.111. The maximum absolute atomic E-state index is 7.17. The van der Waals surface area contributed by atoms with Crippen molar-refractivity contribution >= 4 is 27.8 Å². The molecule has 0 N–H and O–H groups in total. The number of ether oxygens (including phenoxy) is 1. The molecule has 13 rings (SSSR count). The van der Waals surface area contributed by atoms with E-state index in [0.29, 0.717) is 0 Å².